The van der Waals surface area contributed by atoms with Crippen molar-refractivity contribution >= 4 is 16.1 Å². The molecule has 0 radical (unpaired) electrons. The topological polar surface area (TPSA) is 0 Å². The van der Waals surface area contributed by atoms with Crippen LogP contribution in [0.15, 0.2) is 72.4 Å². The van der Waals surface area contributed by atoms with E-state index in [-0.39, 0.29) is 0 Å². The molecule has 0 aliphatic heterocycles. The number of hydrogen-bond donors (Lipinski definition) is 0. The van der Waals surface area contributed by atoms with E-state index in [9.17, 15) is 0 Å². The molecule has 2 aromatic carbocycles. The molecule has 0 aliphatic carbocycles. The van der Waals surface area contributed by atoms with Gasteiger partial charge in [0.1, 0.15) is 8.07 Å². The van der Waals surface area contributed by atoms with E-state index >= 15 is 0 Å². The van der Waals surface area contributed by atoms with Crippen molar-refractivity contribution in [1.29, 1.82) is 0 Å². The van der Waals surface area contributed by atoms with Crippen LogP contribution in [0.2, 0.25) is 26.2 Å². The quantitative estimate of drug-likeness (QED) is 0.487. The lowest BCUT2D eigenvalue weighted by Crippen LogP contribution is -2.27. The van der Waals surface area contributed by atoms with E-state index in [4.69, 9.17) is 0 Å². The van der Waals surface area contributed by atoms with Crippen molar-refractivity contribution in [1.82, 2.24) is 0 Å². The molecule has 0 fully saturated rings. The lowest BCUT2D eigenvalue weighted by atomic mass is 10.2. The van der Waals surface area contributed by atoms with E-state index in [1.54, 1.807) is 0 Å². The zero-order valence-corrected chi connectivity index (χ0v) is 17.3. The van der Waals surface area contributed by atoms with Crippen LogP contribution >= 0.6 is 0 Å². The molecule has 2 rings (SSSR count). The van der Waals surface area contributed by atoms with Crippen molar-refractivity contribution in [2.75, 3.05) is 0 Å². The normalized spacial score (nSPS) is 12.0. The second kappa shape index (κ2) is 8.32. The van der Waals surface area contributed by atoms with Crippen molar-refractivity contribution in [3.8, 4) is 11.5 Å². The first kappa shape index (κ1) is 18.5. The van der Waals surface area contributed by atoms with Crippen molar-refractivity contribution in [2.24, 2.45) is 0 Å². The summed E-state index contributed by atoms with van der Waals surface area (Å²) < 4.78 is 0. The lowest BCUT2D eigenvalue weighted by Gasteiger charge is -2.17. The Balaban J connectivity index is 1.96. The molecule has 0 bridgehead atoms. The van der Waals surface area contributed by atoms with Gasteiger partial charge >= 0.3 is 0 Å². The number of hydrogen-bond acceptors (Lipinski definition) is 0. The van der Waals surface area contributed by atoms with E-state index in [2.05, 4.69) is 110 Å². The minimum absolute atomic E-state index is 1.12. The third-order valence-electron chi connectivity index (χ3n) is 4.02. The summed E-state index contributed by atoms with van der Waals surface area (Å²) in [5.74, 6) is 3.35. The monoisotopic (exact) mass is 348 g/mol. The Morgan fingerprint density at radius 2 is 1.25 bits per heavy atom. The first-order valence-electron chi connectivity index (χ1n) is 8.65. The molecule has 124 valence electrons. The molecule has 0 spiro atoms. The molecule has 0 atom stereocenters. The third kappa shape index (κ3) is 6.74. The fourth-order valence-corrected chi connectivity index (χ4v) is 6.59. The molecule has 0 aromatic heterocycles. The Kier molecular flexibility index (Phi) is 6.42. The van der Waals surface area contributed by atoms with E-state index in [1.807, 2.05) is 0 Å². The summed E-state index contributed by atoms with van der Waals surface area (Å²) in [7, 11) is -2.89. The van der Waals surface area contributed by atoms with E-state index in [0.29, 0.717) is 0 Å². The highest BCUT2D eigenvalue weighted by Crippen LogP contribution is 2.13. The zero-order valence-electron chi connectivity index (χ0n) is 15.3. The molecule has 24 heavy (non-hydrogen) atoms. The number of allylic oxidation sites excluding steroid dienone is 1. The molecule has 2 heteroatoms. The van der Waals surface area contributed by atoms with Crippen molar-refractivity contribution in [3.05, 3.63) is 83.6 Å². The fraction of sp³-hybridized carbons (Fsp3) is 0.273. The summed E-state index contributed by atoms with van der Waals surface area (Å²) in [5.41, 5.74) is 8.80. The van der Waals surface area contributed by atoms with Gasteiger partial charge in [-0.25, -0.2) is 0 Å². The molecule has 0 aliphatic rings. The third-order valence-corrected chi connectivity index (χ3v) is 8.52. The smallest absolute Gasteiger partial charge is 0.127 e. The minimum atomic E-state index is -1.51. The minimum Gasteiger partial charge on any atom is -0.127 e. The van der Waals surface area contributed by atoms with Gasteiger partial charge in [-0.15, -0.1) is 5.54 Å². The Labute approximate surface area is 149 Å². The highest BCUT2D eigenvalue weighted by molar-refractivity contribution is 6.84. The summed E-state index contributed by atoms with van der Waals surface area (Å²) >= 11 is 0. The second-order valence-corrected chi connectivity index (χ2v) is 16.8. The Bertz CT molecular complexity index is 717. The fourth-order valence-electron chi connectivity index (χ4n) is 2.84. The van der Waals surface area contributed by atoms with Crippen LogP contribution in [0.4, 0.5) is 0 Å². The van der Waals surface area contributed by atoms with Crippen molar-refractivity contribution in [3.63, 3.8) is 0 Å². The molecule has 0 saturated carbocycles. The first-order valence-corrected chi connectivity index (χ1v) is 15.1. The summed E-state index contributed by atoms with van der Waals surface area (Å²) in [6.45, 7) is 9.52. The SMILES string of the molecule is C[Si](C)(C#C/C=C/[Si](C)(C)Cc1ccccc1)Cc1ccccc1. The van der Waals surface area contributed by atoms with Crippen LogP contribution in [-0.2, 0) is 12.1 Å². The van der Waals surface area contributed by atoms with Crippen molar-refractivity contribution in [2.45, 2.75) is 38.3 Å². The zero-order chi connectivity index (χ0) is 17.5. The average Bonchev–Trinajstić information content (AvgIpc) is 2.53. The second-order valence-electron chi connectivity index (χ2n) is 7.80. The van der Waals surface area contributed by atoms with E-state index < -0.39 is 16.1 Å². The summed E-state index contributed by atoms with van der Waals surface area (Å²) in [5, 5.41) is 0. The van der Waals surface area contributed by atoms with Crippen LogP contribution in [0, 0.1) is 11.5 Å². The van der Waals surface area contributed by atoms with E-state index in [0.717, 1.165) is 6.04 Å². The van der Waals surface area contributed by atoms with Gasteiger partial charge < -0.3 is 0 Å². The standard InChI is InChI=1S/C22H28Si2/c1-23(2,19-21-13-7-5-8-14-21)17-11-12-18-24(3,4)20-22-15-9-6-10-16-22/h5-11,13-17H,19-20H2,1-4H3/b17-11+. The average molecular weight is 349 g/mol. The highest BCUT2D eigenvalue weighted by Gasteiger charge is 2.19. The van der Waals surface area contributed by atoms with Crippen LogP contribution in [0.25, 0.3) is 0 Å². The Morgan fingerprint density at radius 3 is 1.79 bits per heavy atom. The van der Waals surface area contributed by atoms with Gasteiger partial charge in [-0.05, 0) is 23.7 Å². The predicted molar refractivity (Wildman–Crippen MR) is 112 cm³/mol. The molecule has 0 amide bonds. The molecular formula is C22H28Si2. The molecular weight excluding hydrogens is 320 g/mol. The maximum absolute atomic E-state index is 3.57. The molecule has 2 aromatic rings. The Hall–Kier alpha value is -1.83. The number of rotatable bonds is 5. The molecule has 0 saturated heterocycles. The summed E-state index contributed by atoms with van der Waals surface area (Å²) in [6.07, 6.45) is 2.12. The van der Waals surface area contributed by atoms with Crippen LogP contribution in [-0.4, -0.2) is 16.1 Å². The van der Waals surface area contributed by atoms with Gasteiger partial charge in [0, 0.05) is 0 Å². The first-order chi connectivity index (χ1) is 11.4. The van der Waals surface area contributed by atoms with Crippen LogP contribution in [0.1, 0.15) is 11.1 Å². The van der Waals surface area contributed by atoms with Crippen LogP contribution in [0.5, 0.6) is 0 Å². The van der Waals surface area contributed by atoms with Gasteiger partial charge in [0.15, 0.2) is 0 Å². The van der Waals surface area contributed by atoms with Gasteiger partial charge in [-0.3, -0.25) is 0 Å². The van der Waals surface area contributed by atoms with Gasteiger partial charge in [0.2, 0.25) is 0 Å². The molecule has 0 heterocycles. The van der Waals surface area contributed by atoms with Gasteiger partial charge in [-0.2, -0.15) is 0 Å². The van der Waals surface area contributed by atoms with Gasteiger partial charge in [0.25, 0.3) is 0 Å². The largest absolute Gasteiger partial charge is 0.137 e. The maximum atomic E-state index is 3.57. The van der Waals surface area contributed by atoms with Gasteiger partial charge in [-0.1, -0.05) is 104 Å². The van der Waals surface area contributed by atoms with Crippen molar-refractivity contribution < 1.29 is 0 Å². The predicted octanol–water partition coefficient (Wildman–Crippen LogP) is 5.61. The van der Waals surface area contributed by atoms with Crippen LogP contribution in [0.3, 0.4) is 0 Å². The summed E-state index contributed by atoms with van der Waals surface area (Å²) in [6, 6.07) is 23.8. The summed E-state index contributed by atoms with van der Waals surface area (Å²) in [4.78, 5) is 0. The van der Waals surface area contributed by atoms with Gasteiger partial charge in [0.05, 0.1) is 8.07 Å². The number of benzene rings is 2. The maximum Gasteiger partial charge on any atom is 0.137 e. The molecule has 0 nitrogen and oxygen atoms in total. The molecule has 0 unspecified atom stereocenters. The lowest BCUT2D eigenvalue weighted by molar-refractivity contribution is 1.32. The molecule has 0 N–H and O–H groups in total. The Morgan fingerprint density at radius 1 is 0.750 bits per heavy atom. The van der Waals surface area contributed by atoms with Crippen LogP contribution < -0.4 is 0 Å². The van der Waals surface area contributed by atoms with E-state index in [1.165, 1.54) is 17.2 Å². The highest BCUT2D eigenvalue weighted by atomic mass is 28.3.